The van der Waals surface area contributed by atoms with Crippen molar-refractivity contribution in [2.45, 2.75) is 25.7 Å². The van der Waals surface area contributed by atoms with Gasteiger partial charge in [0.25, 0.3) is 11.8 Å². The third-order valence-electron chi connectivity index (χ3n) is 7.34. The van der Waals surface area contributed by atoms with Crippen LogP contribution in [-0.2, 0) is 0 Å². The average Bonchev–Trinajstić information content (AvgIpc) is 2.91. The van der Waals surface area contributed by atoms with Gasteiger partial charge in [0.15, 0.2) is 11.5 Å². The normalized spacial score (nSPS) is 17.1. The Kier molecular flexibility index (Phi) is 8.52. The molecule has 0 aliphatic carbocycles. The molecule has 9 heteroatoms. The number of hydrogen-bond acceptors (Lipinski definition) is 5. The summed E-state index contributed by atoms with van der Waals surface area (Å²) in [6.07, 6.45) is 3.84. The maximum Gasteiger partial charge on any atom is 0.254 e. The smallest absolute Gasteiger partial charge is 0.254 e. The number of ether oxygens (including phenoxy) is 3. The third-order valence-corrected chi connectivity index (χ3v) is 7.78. The van der Waals surface area contributed by atoms with Crippen molar-refractivity contribution in [3.8, 4) is 17.2 Å². The fourth-order valence-corrected chi connectivity index (χ4v) is 5.92. The summed E-state index contributed by atoms with van der Waals surface area (Å²) in [6, 6.07) is 8.38. The van der Waals surface area contributed by atoms with E-state index in [-0.39, 0.29) is 11.8 Å². The van der Waals surface area contributed by atoms with E-state index in [0.717, 1.165) is 38.8 Å². The summed E-state index contributed by atoms with van der Waals surface area (Å²) in [5.41, 5.74) is 1.06. The molecule has 2 aliphatic heterocycles. The van der Waals surface area contributed by atoms with Crippen LogP contribution < -0.4 is 14.2 Å². The molecule has 0 unspecified atom stereocenters. The molecular weight excluding hydrogens is 503 g/mol. The Bertz CT molecular complexity index is 1060. The molecule has 0 N–H and O–H groups in total. The Hall–Kier alpha value is -2.64. The number of hydrogen-bond donors (Lipinski definition) is 0. The minimum atomic E-state index is -0.0340. The summed E-state index contributed by atoms with van der Waals surface area (Å²) >= 11 is 12.1. The maximum atomic E-state index is 13.2. The van der Waals surface area contributed by atoms with Gasteiger partial charge < -0.3 is 24.0 Å². The van der Waals surface area contributed by atoms with Gasteiger partial charge in [0.1, 0.15) is 0 Å². The molecule has 2 saturated heterocycles. The summed E-state index contributed by atoms with van der Waals surface area (Å²) in [7, 11) is 4.63. The van der Waals surface area contributed by atoms with Crippen molar-refractivity contribution in [3.05, 3.63) is 51.5 Å². The van der Waals surface area contributed by atoms with E-state index in [1.807, 2.05) is 9.80 Å². The van der Waals surface area contributed by atoms with Crippen molar-refractivity contribution in [2.75, 3.05) is 47.5 Å². The number of amides is 2. The fourth-order valence-electron chi connectivity index (χ4n) is 5.39. The van der Waals surface area contributed by atoms with Crippen LogP contribution in [0.2, 0.25) is 10.0 Å². The summed E-state index contributed by atoms with van der Waals surface area (Å²) in [5.74, 6) is 2.45. The van der Waals surface area contributed by atoms with Crippen LogP contribution >= 0.6 is 23.2 Å². The highest BCUT2D eigenvalue weighted by atomic mass is 35.5. The second kappa shape index (κ2) is 11.6. The van der Waals surface area contributed by atoms with Crippen molar-refractivity contribution < 1.29 is 23.8 Å². The van der Waals surface area contributed by atoms with Gasteiger partial charge in [-0.1, -0.05) is 23.2 Å². The summed E-state index contributed by atoms with van der Waals surface area (Å²) in [4.78, 5) is 29.9. The number of methoxy groups -OCH3 is 3. The zero-order valence-electron chi connectivity index (χ0n) is 20.9. The van der Waals surface area contributed by atoms with Crippen molar-refractivity contribution in [2.24, 2.45) is 11.8 Å². The van der Waals surface area contributed by atoms with Crippen molar-refractivity contribution in [1.82, 2.24) is 9.80 Å². The molecule has 36 heavy (non-hydrogen) atoms. The first kappa shape index (κ1) is 26.4. The van der Waals surface area contributed by atoms with E-state index in [1.165, 1.54) is 0 Å². The van der Waals surface area contributed by atoms with E-state index in [9.17, 15) is 9.59 Å². The minimum absolute atomic E-state index is 0.0244. The van der Waals surface area contributed by atoms with Crippen molar-refractivity contribution in [3.63, 3.8) is 0 Å². The fraction of sp³-hybridized carbons (Fsp3) is 0.481. The van der Waals surface area contributed by atoms with Crippen LogP contribution in [0.1, 0.15) is 46.4 Å². The first-order chi connectivity index (χ1) is 17.3. The molecule has 2 aromatic rings. The standard InChI is InChI=1S/C27H32Cl2N2O5/c1-34-23-14-20(15-24(35-2)25(23)36-3)27(33)31-10-6-18(7-11-31)17-4-8-30(9-5-17)26(32)19-12-21(28)16-22(29)13-19/h12-18H,4-11H2,1-3H3. The lowest BCUT2D eigenvalue weighted by Gasteiger charge is -2.40. The number of piperidine rings is 2. The van der Waals surface area contributed by atoms with E-state index < -0.39 is 0 Å². The first-order valence-corrected chi connectivity index (χ1v) is 12.9. The van der Waals surface area contributed by atoms with Gasteiger partial charge in [-0.15, -0.1) is 0 Å². The quantitative estimate of drug-likeness (QED) is 0.494. The monoisotopic (exact) mass is 534 g/mol. The number of likely N-dealkylation sites (tertiary alicyclic amines) is 2. The van der Waals surface area contributed by atoms with Crippen LogP contribution in [0.3, 0.4) is 0 Å². The number of carbonyl (C=O) groups is 2. The number of rotatable bonds is 6. The van der Waals surface area contributed by atoms with E-state index >= 15 is 0 Å². The molecule has 2 fully saturated rings. The zero-order valence-corrected chi connectivity index (χ0v) is 22.4. The number of benzene rings is 2. The summed E-state index contributed by atoms with van der Waals surface area (Å²) < 4.78 is 16.2. The lowest BCUT2D eigenvalue weighted by molar-refractivity contribution is 0.0537. The van der Waals surface area contributed by atoms with E-state index in [1.54, 1.807) is 51.7 Å². The van der Waals surface area contributed by atoms with Crippen molar-refractivity contribution >= 4 is 35.0 Å². The Balaban J connectivity index is 1.32. The highest BCUT2D eigenvalue weighted by Crippen LogP contribution is 2.39. The molecule has 0 radical (unpaired) electrons. The van der Waals surface area contributed by atoms with Crippen LogP contribution in [0, 0.1) is 11.8 Å². The molecule has 0 saturated carbocycles. The average molecular weight is 535 g/mol. The van der Waals surface area contributed by atoms with Gasteiger partial charge >= 0.3 is 0 Å². The largest absolute Gasteiger partial charge is 0.493 e. The topological polar surface area (TPSA) is 68.3 Å². The highest BCUT2D eigenvalue weighted by Gasteiger charge is 2.33. The van der Waals surface area contributed by atoms with E-state index in [4.69, 9.17) is 37.4 Å². The van der Waals surface area contributed by atoms with Gasteiger partial charge in [-0.05, 0) is 67.9 Å². The SMILES string of the molecule is COc1cc(C(=O)N2CCC(C3CCN(C(=O)c4cc(Cl)cc(Cl)c4)CC3)CC2)cc(OC)c1OC. The maximum absolute atomic E-state index is 13.2. The van der Waals surface area contributed by atoms with Crippen LogP contribution in [0.4, 0.5) is 0 Å². The molecule has 4 rings (SSSR count). The predicted octanol–water partition coefficient (Wildman–Crippen LogP) is 5.42. The van der Waals surface area contributed by atoms with Crippen LogP contribution in [0.15, 0.2) is 30.3 Å². The molecule has 0 aromatic heterocycles. The molecule has 194 valence electrons. The molecule has 2 aromatic carbocycles. The third kappa shape index (κ3) is 5.68. The number of nitrogens with zero attached hydrogens (tertiary/aromatic N) is 2. The zero-order chi connectivity index (χ0) is 25.8. The number of carbonyl (C=O) groups excluding carboxylic acids is 2. The van der Waals surface area contributed by atoms with Gasteiger partial charge in [0, 0.05) is 47.4 Å². The lowest BCUT2D eigenvalue weighted by Crippen LogP contribution is -2.44. The van der Waals surface area contributed by atoms with Gasteiger partial charge in [-0.2, -0.15) is 0 Å². The van der Waals surface area contributed by atoms with Crippen LogP contribution in [0.5, 0.6) is 17.2 Å². The second-order valence-electron chi connectivity index (χ2n) is 9.33. The molecular formula is C27H32Cl2N2O5. The van der Waals surface area contributed by atoms with Crippen LogP contribution in [0.25, 0.3) is 0 Å². The number of halogens is 2. The first-order valence-electron chi connectivity index (χ1n) is 12.2. The molecule has 2 heterocycles. The molecule has 2 aliphatic rings. The molecule has 0 bridgehead atoms. The van der Waals surface area contributed by atoms with Crippen LogP contribution in [-0.4, -0.2) is 69.1 Å². The summed E-state index contributed by atoms with van der Waals surface area (Å²) in [5, 5.41) is 0.933. The Morgan fingerprint density at radius 2 is 1.06 bits per heavy atom. The van der Waals surface area contributed by atoms with Gasteiger partial charge in [0.05, 0.1) is 21.3 Å². The van der Waals surface area contributed by atoms with Gasteiger partial charge in [0.2, 0.25) is 5.75 Å². The summed E-state index contributed by atoms with van der Waals surface area (Å²) in [6.45, 7) is 2.86. The molecule has 2 amide bonds. The Morgan fingerprint density at radius 3 is 1.42 bits per heavy atom. The molecule has 7 nitrogen and oxygen atoms in total. The van der Waals surface area contributed by atoms with E-state index in [0.29, 0.717) is 63.3 Å². The Morgan fingerprint density at radius 1 is 0.667 bits per heavy atom. The minimum Gasteiger partial charge on any atom is -0.493 e. The van der Waals surface area contributed by atoms with Gasteiger partial charge in [-0.3, -0.25) is 9.59 Å². The molecule has 0 spiro atoms. The highest BCUT2D eigenvalue weighted by molar-refractivity contribution is 6.35. The Labute approximate surface area is 222 Å². The predicted molar refractivity (Wildman–Crippen MR) is 140 cm³/mol. The second-order valence-corrected chi connectivity index (χ2v) is 10.2. The lowest BCUT2D eigenvalue weighted by atomic mass is 9.78. The van der Waals surface area contributed by atoms with Gasteiger partial charge in [-0.25, -0.2) is 0 Å². The van der Waals surface area contributed by atoms with E-state index in [2.05, 4.69) is 0 Å². The van der Waals surface area contributed by atoms with Crippen molar-refractivity contribution in [1.29, 1.82) is 0 Å². The molecule has 0 atom stereocenters.